The highest BCUT2D eigenvalue weighted by Crippen LogP contribution is 2.38. The van der Waals surface area contributed by atoms with Crippen LogP contribution in [-0.4, -0.2) is 15.0 Å². The van der Waals surface area contributed by atoms with E-state index in [4.69, 9.17) is 23.8 Å². The van der Waals surface area contributed by atoms with Gasteiger partial charge in [-0.3, -0.25) is 0 Å². The SMILES string of the molecule is c1ccc(-c2nc(-c3ccccc3)nc(-c3cccc4c3oc3ccc(-c5ccc6c(c5)oc5ccccc56)cc34)n2)cc1. The van der Waals surface area contributed by atoms with Crippen LogP contribution >= 0.6 is 0 Å². The van der Waals surface area contributed by atoms with Crippen LogP contribution in [0, 0.1) is 0 Å². The van der Waals surface area contributed by atoms with Crippen molar-refractivity contribution < 1.29 is 8.83 Å². The summed E-state index contributed by atoms with van der Waals surface area (Å²) in [5.74, 6) is 1.80. The Balaban J connectivity index is 1.20. The van der Waals surface area contributed by atoms with Crippen molar-refractivity contribution in [3.8, 4) is 45.3 Å². The standard InChI is InChI=1S/C39H23N3O2/c1-3-10-24(11-4-1)37-40-38(25-12-5-2-6-13-25)42-39(41-37)31-16-9-15-30-32-22-26(19-21-34(32)44-36(30)31)27-18-20-29-28-14-7-8-17-33(28)43-35(29)23-27/h1-23H. The molecule has 0 saturated heterocycles. The predicted octanol–water partition coefficient (Wildman–Crippen LogP) is 10.3. The van der Waals surface area contributed by atoms with Crippen molar-refractivity contribution in [2.45, 2.75) is 0 Å². The predicted molar refractivity (Wildman–Crippen MR) is 176 cm³/mol. The molecule has 0 amide bonds. The molecule has 0 radical (unpaired) electrons. The normalized spacial score (nSPS) is 11.6. The van der Waals surface area contributed by atoms with E-state index in [0.717, 1.165) is 71.7 Å². The topological polar surface area (TPSA) is 65.0 Å². The van der Waals surface area contributed by atoms with Gasteiger partial charge in [0.15, 0.2) is 17.5 Å². The molecule has 3 aromatic heterocycles. The molecular weight excluding hydrogens is 542 g/mol. The maximum atomic E-state index is 6.51. The van der Waals surface area contributed by atoms with Crippen molar-refractivity contribution in [3.63, 3.8) is 0 Å². The average Bonchev–Trinajstić information content (AvgIpc) is 3.66. The van der Waals surface area contributed by atoms with E-state index in [1.807, 2.05) is 97.1 Å². The number of furan rings is 2. The molecule has 9 rings (SSSR count). The molecule has 0 spiro atoms. The highest BCUT2D eigenvalue weighted by atomic mass is 16.3. The molecule has 0 atom stereocenters. The minimum atomic E-state index is 0.568. The van der Waals surface area contributed by atoms with E-state index in [-0.39, 0.29) is 0 Å². The average molecular weight is 566 g/mol. The van der Waals surface area contributed by atoms with Crippen LogP contribution in [0.4, 0.5) is 0 Å². The van der Waals surface area contributed by atoms with Crippen molar-refractivity contribution in [1.82, 2.24) is 15.0 Å². The third-order valence-electron chi connectivity index (χ3n) is 8.15. The molecule has 0 bridgehead atoms. The highest BCUT2D eigenvalue weighted by molar-refractivity contribution is 6.11. The fourth-order valence-electron chi connectivity index (χ4n) is 5.99. The van der Waals surface area contributed by atoms with Crippen LogP contribution in [0.5, 0.6) is 0 Å². The zero-order valence-electron chi connectivity index (χ0n) is 23.4. The van der Waals surface area contributed by atoms with Crippen molar-refractivity contribution in [2.24, 2.45) is 0 Å². The molecule has 5 heteroatoms. The van der Waals surface area contributed by atoms with Gasteiger partial charge in [-0.1, -0.05) is 103 Å². The second kappa shape index (κ2) is 9.75. The summed E-state index contributed by atoms with van der Waals surface area (Å²) in [5, 5.41) is 4.28. The van der Waals surface area contributed by atoms with Gasteiger partial charge in [-0.05, 0) is 47.5 Å². The number of nitrogens with zero attached hydrogens (tertiary/aromatic N) is 3. The first-order chi connectivity index (χ1) is 21.8. The lowest BCUT2D eigenvalue weighted by atomic mass is 10.0. The Morgan fingerprint density at radius 1 is 0.341 bits per heavy atom. The third-order valence-corrected chi connectivity index (χ3v) is 8.15. The van der Waals surface area contributed by atoms with E-state index in [1.54, 1.807) is 0 Å². The smallest absolute Gasteiger partial charge is 0.167 e. The van der Waals surface area contributed by atoms with Crippen molar-refractivity contribution in [2.75, 3.05) is 0 Å². The summed E-state index contributed by atoms with van der Waals surface area (Å²) < 4.78 is 12.7. The van der Waals surface area contributed by atoms with Gasteiger partial charge in [0, 0.05) is 32.7 Å². The van der Waals surface area contributed by atoms with E-state index in [9.17, 15) is 0 Å². The molecule has 3 heterocycles. The zero-order chi connectivity index (χ0) is 29.0. The molecule has 0 fully saturated rings. The van der Waals surface area contributed by atoms with Gasteiger partial charge in [-0.2, -0.15) is 0 Å². The van der Waals surface area contributed by atoms with Crippen LogP contribution in [0.15, 0.2) is 148 Å². The molecule has 0 aliphatic carbocycles. The fraction of sp³-hybridized carbons (Fsp3) is 0. The molecule has 44 heavy (non-hydrogen) atoms. The van der Waals surface area contributed by atoms with Crippen molar-refractivity contribution in [3.05, 3.63) is 140 Å². The van der Waals surface area contributed by atoms with Crippen LogP contribution in [0.1, 0.15) is 0 Å². The largest absolute Gasteiger partial charge is 0.456 e. The summed E-state index contributed by atoms with van der Waals surface area (Å²) in [6.07, 6.45) is 0. The lowest BCUT2D eigenvalue weighted by Crippen LogP contribution is -2.00. The lowest BCUT2D eigenvalue weighted by molar-refractivity contribution is 0.669. The van der Waals surface area contributed by atoms with Crippen LogP contribution in [0.25, 0.3) is 89.2 Å². The number of rotatable bonds is 4. The van der Waals surface area contributed by atoms with Crippen LogP contribution in [-0.2, 0) is 0 Å². The molecule has 9 aromatic rings. The molecule has 0 saturated carbocycles. The Morgan fingerprint density at radius 3 is 1.70 bits per heavy atom. The zero-order valence-corrected chi connectivity index (χ0v) is 23.4. The Bertz CT molecular complexity index is 2440. The van der Waals surface area contributed by atoms with Gasteiger partial charge in [-0.15, -0.1) is 0 Å². The van der Waals surface area contributed by atoms with E-state index in [2.05, 4.69) is 42.5 Å². The number of hydrogen-bond acceptors (Lipinski definition) is 5. The van der Waals surface area contributed by atoms with Gasteiger partial charge in [0.05, 0.1) is 5.56 Å². The fourth-order valence-corrected chi connectivity index (χ4v) is 5.99. The molecule has 5 nitrogen and oxygen atoms in total. The van der Waals surface area contributed by atoms with E-state index >= 15 is 0 Å². The molecule has 6 aromatic carbocycles. The van der Waals surface area contributed by atoms with Gasteiger partial charge in [0.2, 0.25) is 0 Å². The Labute approximate surface area is 252 Å². The Hall–Kier alpha value is -6.07. The molecule has 0 N–H and O–H groups in total. The number of para-hydroxylation sites is 2. The second-order valence-electron chi connectivity index (χ2n) is 10.8. The summed E-state index contributed by atoms with van der Waals surface area (Å²) in [6, 6.07) is 47.0. The maximum Gasteiger partial charge on any atom is 0.167 e. The van der Waals surface area contributed by atoms with Gasteiger partial charge in [-0.25, -0.2) is 15.0 Å². The maximum absolute atomic E-state index is 6.51. The van der Waals surface area contributed by atoms with Gasteiger partial charge < -0.3 is 8.83 Å². The molecule has 0 aliphatic rings. The first-order valence-electron chi connectivity index (χ1n) is 14.5. The van der Waals surface area contributed by atoms with Crippen LogP contribution in [0.2, 0.25) is 0 Å². The monoisotopic (exact) mass is 565 g/mol. The molecule has 206 valence electrons. The van der Waals surface area contributed by atoms with E-state index in [0.29, 0.717) is 17.5 Å². The first kappa shape index (κ1) is 24.5. The van der Waals surface area contributed by atoms with Crippen LogP contribution in [0.3, 0.4) is 0 Å². The third kappa shape index (κ3) is 3.98. The minimum absolute atomic E-state index is 0.568. The van der Waals surface area contributed by atoms with Gasteiger partial charge in [0.1, 0.15) is 22.3 Å². The van der Waals surface area contributed by atoms with Crippen molar-refractivity contribution >= 4 is 43.9 Å². The summed E-state index contributed by atoms with van der Waals surface area (Å²) in [5.41, 5.74) is 8.17. The Morgan fingerprint density at radius 2 is 0.932 bits per heavy atom. The summed E-state index contributed by atoms with van der Waals surface area (Å²) in [6.45, 7) is 0. The quantitative estimate of drug-likeness (QED) is 0.212. The minimum Gasteiger partial charge on any atom is -0.456 e. The van der Waals surface area contributed by atoms with E-state index < -0.39 is 0 Å². The van der Waals surface area contributed by atoms with Crippen molar-refractivity contribution in [1.29, 1.82) is 0 Å². The Kier molecular flexibility index (Phi) is 5.43. The summed E-state index contributed by atoms with van der Waals surface area (Å²) >= 11 is 0. The number of hydrogen-bond donors (Lipinski definition) is 0. The molecular formula is C39H23N3O2. The lowest BCUT2D eigenvalue weighted by Gasteiger charge is -2.08. The second-order valence-corrected chi connectivity index (χ2v) is 10.8. The van der Waals surface area contributed by atoms with Gasteiger partial charge >= 0.3 is 0 Å². The van der Waals surface area contributed by atoms with Gasteiger partial charge in [0.25, 0.3) is 0 Å². The number of aromatic nitrogens is 3. The first-order valence-corrected chi connectivity index (χ1v) is 14.5. The highest BCUT2D eigenvalue weighted by Gasteiger charge is 2.18. The molecule has 0 aliphatic heterocycles. The number of benzene rings is 6. The number of fused-ring (bicyclic) bond motifs is 6. The molecule has 0 unspecified atom stereocenters. The summed E-state index contributed by atoms with van der Waals surface area (Å²) in [7, 11) is 0. The van der Waals surface area contributed by atoms with Crippen LogP contribution < -0.4 is 0 Å². The van der Waals surface area contributed by atoms with E-state index in [1.165, 1.54) is 0 Å². The summed E-state index contributed by atoms with van der Waals surface area (Å²) in [4.78, 5) is 14.7.